The molecule has 2 aromatic heterocycles. The number of furan rings is 1. The van der Waals surface area contributed by atoms with E-state index < -0.39 is 0 Å². The molecule has 186 valence electrons. The fraction of sp³-hybridized carbons (Fsp3) is 0.231. The Labute approximate surface area is 219 Å². The molecule has 4 heterocycles. The van der Waals surface area contributed by atoms with Crippen LogP contribution in [0.15, 0.2) is 88.4 Å². The number of nitrogens with zero attached hydrogens (tertiary/aromatic N) is 4. The third-order valence-corrected chi connectivity index (χ3v) is 6.83. The number of fused-ring (bicyclic) bond motifs is 1. The number of allylic oxidation sites excluding steroid dienone is 4. The largest absolute Gasteiger partial charge is 0.459 e. The number of piperazine rings is 1. The number of hydrogen-bond donors (Lipinski definition) is 3. The van der Waals surface area contributed by atoms with E-state index in [0.717, 1.165) is 54.3 Å². The van der Waals surface area contributed by atoms with Crippen molar-refractivity contribution in [3.63, 3.8) is 0 Å². The van der Waals surface area contributed by atoms with Crippen molar-refractivity contribution in [2.45, 2.75) is 6.04 Å². The van der Waals surface area contributed by atoms with Crippen molar-refractivity contribution in [1.82, 2.24) is 20.5 Å². The van der Waals surface area contributed by atoms with Gasteiger partial charge in [-0.2, -0.15) is 5.10 Å². The Morgan fingerprint density at radius 2 is 1.89 bits per heavy atom. The third kappa shape index (κ3) is 5.21. The second-order valence-corrected chi connectivity index (χ2v) is 9.33. The molecule has 10 heteroatoms. The van der Waals surface area contributed by atoms with Gasteiger partial charge >= 0.3 is 0 Å². The summed E-state index contributed by atoms with van der Waals surface area (Å²) in [4.78, 5) is 8.57. The van der Waals surface area contributed by atoms with Gasteiger partial charge in [-0.15, -0.1) is 0 Å². The number of para-hydroxylation sites is 1. The number of hydrazone groups is 1. The number of amidine groups is 1. The molecular formula is C26H27Cl2N7O. The van der Waals surface area contributed by atoms with Gasteiger partial charge in [-0.3, -0.25) is 9.88 Å². The zero-order chi connectivity index (χ0) is 24.9. The second kappa shape index (κ2) is 11.1. The van der Waals surface area contributed by atoms with Crippen LogP contribution in [0.2, 0.25) is 10.0 Å². The lowest BCUT2D eigenvalue weighted by atomic mass is 10.1. The molecule has 2 aliphatic rings. The molecule has 0 bridgehead atoms. The van der Waals surface area contributed by atoms with Crippen LogP contribution in [0.3, 0.4) is 0 Å². The quantitative estimate of drug-likeness (QED) is 0.190. The Hall–Kier alpha value is -3.46. The molecular weight excluding hydrogens is 497 g/mol. The predicted molar refractivity (Wildman–Crippen MR) is 146 cm³/mol. The van der Waals surface area contributed by atoms with Gasteiger partial charge < -0.3 is 25.8 Å². The van der Waals surface area contributed by atoms with E-state index in [1.54, 1.807) is 12.4 Å². The van der Waals surface area contributed by atoms with Crippen molar-refractivity contribution in [2.75, 3.05) is 37.6 Å². The highest BCUT2D eigenvalue weighted by Gasteiger charge is 2.33. The number of nitrogens with two attached hydrogens (primary N) is 1. The molecule has 1 saturated heterocycles. The summed E-state index contributed by atoms with van der Waals surface area (Å²) >= 11 is 12.8. The van der Waals surface area contributed by atoms with E-state index in [9.17, 15) is 0 Å². The van der Waals surface area contributed by atoms with Gasteiger partial charge in [-0.1, -0.05) is 53.6 Å². The first kappa shape index (κ1) is 24.2. The van der Waals surface area contributed by atoms with Crippen molar-refractivity contribution >= 4 is 45.7 Å². The van der Waals surface area contributed by atoms with Gasteiger partial charge in [-0.25, -0.2) is 0 Å². The van der Waals surface area contributed by atoms with Crippen molar-refractivity contribution in [3.8, 4) is 0 Å². The number of halogens is 2. The molecule has 3 aromatic rings. The summed E-state index contributed by atoms with van der Waals surface area (Å²) in [6.07, 6.45) is 13.0. The average Bonchev–Trinajstić information content (AvgIpc) is 3.14. The molecule has 0 amide bonds. The molecule has 8 nitrogen and oxygen atoms in total. The molecule has 1 aromatic carbocycles. The zero-order valence-electron chi connectivity index (χ0n) is 19.6. The number of benzene rings is 1. The van der Waals surface area contributed by atoms with E-state index in [0.29, 0.717) is 22.4 Å². The van der Waals surface area contributed by atoms with E-state index in [1.165, 1.54) is 0 Å². The van der Waals surface area contributed by atoms with Gasteiger partial charge in [0.25, 0.3) is 0 Å². The molecule has 1 unspecified atom stereocenters. The number of hydrogen-bond acceptors (Lipinski definition) is 7. The van der Waals surface area contributed by atoms with Crippen molar-refractivity contribution in [1.29, 1.82) is 0 Å². The fourth-order valence-electron chi connectivity index (χ4n) is 4.54. The highest BCUT2D eigenvalue weighted by Crippen LogP contribution is 2.35. The van der Waals surface area contributed by atoms with Gasteiger partial charge in [0, 0.05) is 55.9 Å². The average molecular weight is 524 g/mol. The van der Waals surface area contributed by atoms with Crippen LogP contribution in [0, 0.1) is 0 Å². The fourth-order valence-corrected chi connectivity index (χ4v) is 5.14. The molecule has 0 spiro atoms. The van der Waals surface area contributed by atoms with Gasteiger partial charge in [-0.05, 0) is 24.3 Å². The van der Waals surface area contributed by atoms with Crippen LogP contribution in [0.5, 0.6) is 0 Å². The number of rotatable bonds is 6. The smallest absolute Gasteiger partial charge is 0.147 e. The van der Waals surface area contributed by atoms with Crippen LogP contribution in [-0.4, -0.2) is 48.4 Å². The highest BCUT2D eigenvalue weighted by molar-refractivity contribution is 6.38. The molecule has 0 aliphatic carbocycles. The zero-order valence-corrected chi connectivity index (χ0v) is 21.1. The number of pyridine rings is 1. The Bertz CT molecular complexity index is 1290. The van der Waals surface area contributed by atoms with E-state index >= 15 is 0 Å². The van der Waals surface area contributed by atoms with E-state index in [4.69, 9.17) is 33.5 Å². The second-order valence-electron chi connectivity index (χ2n) is 8.51. The Kier molecular flexibility index (Phi) is 7.46. The Morgan fingerprint density at radius 3 is 2.64 bits per heavy atom. The summed E-state index contributed by atoms with van der Waals surface area (Å²) in [5.74, 6) is 7.36. The summed E-state index contributed by atoms with van der Waals surface area (Å²) < 4.78 is 6.29. The molecule has 36 heavy (non-hydrogen) atoms. The van der Waals surface area contributed by atoms with Crippen LogP contribution in [-0.2, 0) is 0 Å². The van der Waals surface area contributed by atoms with Crippen molar-refractivity contribution in [2.24, 2.45) is 10.9 Å². The minimum Gasteiger partial charge on any atom is -0.459 e. The maximum absolute atomic E-state index is 6.42. The number of anilines is 1. The van der Waals surface area contributed by atoms with Gasteiger partial charge in [0.2, 0.25) is 0 Å². The van der Waals surface area contributed by atoms with Crippen LogP contribution < -0.4 is 21.4 Å². The molecule has 4 N–H and O–H groups in total. The van der Waals surface area contributed by atoms with Crippen LogP contribution in [0.4, 0.5) is 5.69 Å². The van der Waals surface area contributed by atoms with Crippen molar-refractivity contribution < 1.29 is 4.42 Å². The van der Waals surface area contributed by atoms with E-state index in [-0.39, 0.29) is 6.04 Å². The molecule has 1 fully saturated rings. The maximum Gasteiger partial charge on any atom is 0.147 e. The summed E-state index contributed by atoms with van der Waals surface area (Å²) in [6, 6.07) is 9.74. The monoisotopic (exact) mass is 523 g/mol. The van der Waals surface area contributed by atoms with E-state index in [2.05, 4.69) is 36.6 Å². The number of nitrogens with one attached hydrogen (secondary N) is 2. The summed E-state index contributed by atoms with van der Waals surface area (Å²) in [6.45, 7) is 3.43. The van der Waals surface area contributed by atoms with E-state index in [1.807, 2.05) is 54.8 Å². The molecule has 0 radical (unpaired) electrons. The third-order valence-electron chi connectivity index (χ3n) is 6.28. The highest BCUT2D eigenvalue weighted by atomic mass is 35.5. The normalized spacial score (nSPS) is 17.6. The maximum atomic E-state index is 6.42. The molecule has 2 aliphatic heterocycles. The summed E-state index contributed by atoms with van der Waals surface area (Å²) in [7, 11) is 0. The Morgan fingerprint density at radius 1 is 1.11 bits per heavy atom. The van der Waals surface area contributed by atoms with Gasteiger partial charge in [0.05, 0.1) is 22.3 Å². The molecule has 1 atom stereocenters. The van der Waals surface area contributed by atoms with Crippen LogP contribution in [0.25, 0.3) is 11.0 Å². The lowest BCUT2D eigenvalue weighted by Crippen LogP contribution is -2.51. The first-order valence-electron chi connectivity index (χ1n) is 11.7. The SMILES string of the molecule is N/N=C(\NCC1=CC=CC=CN1)C(c1cc2ccccc2o1)N1CCN(c2c(Cl)cncc2Cl)CC1. The van der Waals surface area contributed by atoms with Gasteiger partial charge in [0.15, 0.2) is 0 Å². The summed E-state index contributed by atoms with van der Waals surface area (Å²) in [5.41, 5.74) is 2.63. The van der Waals surface area contributed by atoms with Crippen LogP contribution >= 0.6 is 23.2 Å². The van der Waals surface area contributed by atoms with Crippen molar-refractivity contribution in [3.05, 3.63) is 94.7 Å². The van der Waals surface area contributed by atoms with Gasteiger partial charge in [0.1, 0.15) is 23.2 Å². The first-order chi connectivity index (χ1) is 17.6. The predicted octanol–water partition coefficient (Wildman–Crippen LogP) is 4.42. The lowest BCUT2D eigenvalue weighted by Gasteiger charge is -2.40. The number of aromatic nitrogens is 1. The minimum atomic E-state index is -0.287. The van der Waals surface area contributed by atoms with Crippen LogP contribution in [0.1, 0.15) is 11.8 Å². The topological polar surface area (TPSA) is 94.9 Å². The Balaban J connectivity index is 1.40. The standard InChI is InChI=1S/C26H27Cl2N7O/c27-20-16-30-17-21(28)24(20)34-10-12-35(13-11-34)25(23-14-18-6-3-4-8-22(18)36-23)26(33-29)32-15-19-7-2-1-5-9-31-19/h1-9,14,16-17,25,31H,10-13,15,29H2,(H,32,33). The molecule has 5 rings (SSSR count). The minimum absolute atomic E-state index is 0.287. The summed E-state index contributed by atoms with van der Waals surface area (Å²) in [5, 5.41) is 13.0. The first-order valence-corrected chi connectivity index (χ1v) is 12.5. The molecule has 0 saturated carbocycles. The lowest BCUT2D eigenvalue weighted by molar-refractivity contribution is 0.208.